The van der Waals surface area contributed by atoms with Gasteiger partial charge in [0.25, 0.3) is 0 Å². The molecule has 3 nitrogen and oxygen atoms in total. The van der Waals surface area contributed by atoms with Crippen molar-refractivity contribution in [3.8, 4) is 11.3 Å². The van der Waals surface area contributed by atoms with Crippen LogP contribution in [0.2, 0.25) is 5.02 Å². The highest BCUT2D eigenvalue weighted by Crippen LogP contribution is 2.52. The molecule has 2 aromatic rings. The second-order valence-electron chi connectivity index (χ2n) is 8.47. The Labute approximate surface area is 158 Å². The van der Waals surface area contributed by atoms with Crippen molar-refractivity contribution >= 4 is 11.6 Å². The number of halogens is 2. The number of alkyl halides is 1. The zero-order chi connectivity index (χ0) is 17.9. The van der Waals surface area contributed by atoms with Crippen molar-refractivity contribution in [2.75, 3.05) is 0 Å². The number of rotatable bonds is 4. The molecule has 0 radical (unpaired) electrons. The van der Waals surface area contributed by atoms with E-state index >= 15 is 4.39 Å². The van der Waals surface area contributed by atoms with Gasteiger partial charge in [-0.1, -0.05) is 23.7 Å². The lowest BCUT2D eigenvalue weighted by molar-refractivity contribution is 0.00632. The van der Waals surface area contributed by atoms with Gasteiger partial charge in [0.1, 0.15) is 5.67 Å². The molecule has 1 aromatic carbocycles. The maximum Gasteiger partial charge on any atom is 0.111 e. The molecule has 0 bridgehead atoms. The van der Waals surface area contributed by atoms with Gasteiger partial charge in [-0.3, -0.25) is 0 Å². The molecule has 2 fully saturated rings. The molecule has 138 valence electrons. The summed E-state index contributed by atoms with van der Waals surface area (Å²) in [7, 11) is 0. The summed E-state index contributed by atoms with van der Waals surface area (Å²) >= 11 is 6.49. The fourth-order valence-electron chi connectivity index (χ4n) is 5.14. The molecule has 5 rings (SSSR count). The number of hydrogen-bond acceptors (Lipinski definition) is 2. The first-order valence-electron chi connectivity index (χ1n) is 9.71. The lowest BCUT2D eigenvalue weighted by atomic mass is 9.74. The highest BCUT2D eigenvalue weighted by molar-refractivity contribution is 6.32. The molecule has 26 heavy (non-hydrogen) atoms. The number of fused-ring (bicyclic) bond motifs is 3. The van der Waals surface area contributed by atoms with Crippen LogP contribution in [-0.2, 0) is 0 Å². The molecule has 1 unspecified atom stereocenters. The Kier molecular flexibility index (Phi) is 3.74. The predicted octanol–water partition coefficient (Wildman–Crippen LogP) is 5.31. The summed E-state index contributed by atoms with van der Waals surface area (Å²) in [6, 6.07) is 6.01. The molecular formula is C21H24ClFN2O. The van der Waals surface area contributed by atoms with E-state index in [1.165, 1.54) is 0 Å². The fourth-order valence-corrected chi connectivity index (χ4v) is 5.44. The molecule has 5 heteroatoms. The van der Waals surface area contributed by atoms with E-state index in [9.17, 15) is 5.11 Å². The fraction of sp³-hybridized carbons (Fsp3) is 0.571. The molecule has 2 saturated carbocycles. The number of aliphatic hydroxyl groups is 1. The zero-order valence-electron chi connectivity index (χ0n) is 14.8. The van der Waals surface area contributed by atoms with Gasteiger partial charge in [-0.05, 0) is 63.4 Å². The van der Waals surface area contributed by atoms with E-state index < -0.39 is 11.3 Å². The van der Waals surface area contributed by atoms with Gasteiger partial charge in [-0.25, -0.2) is 9.37 Å². The van der Waals surface area contributed by atoms with Crippen LogP contribution in [0.15, 0.2) is 30.7 Å². The van der Waals surface area contributed by atoms with E-state index in [4.69, 9.17) is 11.6 Å². The summed E-state index contributed by atoms with van der Waals surface area (Å²) in [6.45, 7) is 0. The largest absolute Gasteiger partial charge is 0.390 e. The van der Waals surface area contributed by atoms with Crippen LogP contribution in [-0.4, -0.2) is 25.9 Å². The minimum Gasteiger partial charge on any atom is -0.390 e. The summed E-state index contributed by atoms with van der Waals surface area (Å²) in [5.74, 6) is 0.299. The number of aromatic nitrogens is 2. The van der Waals surface area contributed by atoms with Crippen molar-refractivity contribution in [2.45, 2.75) is 68.7 Å². The Morgan fingerprint density at radius 3 is 2.73 bits per heavy atom. The van der Waals surface area contributed by atoms with Crippen LogP contribution in [0.1, 0.15) is 63.0 Å². The highest BCUT2D eigenvalue weighted by atomic mass is 35.5. The molecule has 1 aromatic heterocycles. The maximum atomic E-state index is 15.4. The molecule has 2 aliphatic carbocycles. The van der Waals surface area contributed by atoms with E-state index in [1.54, 1.807) is 0 Å². The first kappa shape index (κ1) is 16.8. The summed E-state index contributed by atoms with van der Waals surface area (Å²) < 4.78 is 17.6. The topological polar surface area (TPSA) is 38.1 Å². The Bertz CT molecular complexity index is 836. The minimum absolute atomic E-state index is 0.0640. The number of nitrogens with zero attached hydrogens (tertiary/aromatic N) is 2. The predicted molar refractivity (Wildman–Crippen MR) is 100 cm³/mol. The molecule has 0 saturated heterocycles. The van der Waals surface area contributed by atoms with Gasteiger partial charge in [0.05, 0.1) is 29.9 Å². The van der Waals surface area contributed by atoms with Crippen LogP contribution in [0.25, 0.3) is 11.3 Å². The lowest BCUT2D eigenvalue weighted by Crippen LogP contribution is -2.35. The third-order valence-corrected chi connectivity index (χ3v) is 7.26. The molecule has 3 aliphatic rings. The van der Waals surface area contributed by atoms with Gasteiger partial charge < -0.3 is 9.67 Å². The molecular weight excluding hydrogens is 351 g/mol. The van der Waals surface area contributed by atoms with Gasteiger partial charge in [0.15, 0.2) is 0 Å². The first-order chi connectivity index (χ1) is 12.5. The molecule has 1 aliphatic heterocycles. The van der Waals surface area contributed by atoms with Crippen LogP contribution in [0, 0.1) is 5.92 Å². The number of hydrogen-bond donors (Lipinski definition) is 1. The van der Waals surface area contributed by atoms with Crippen molar-refractivity contribution in [1.82, 2.24) is 9.55 Å². The first-order valence-corrected chi connectivity index (χ1v) is 10.1. The molecule has 0 spiro atoms. The van der Waals surface area contributed by atoms with Gasteiger partial charge in [0, 0.05) is 16.1 Å². The zero-order valence-corrected chi connectivity index (χ0v) is 15.6. The van der Waals surface area contributed by atoms with Gasteiger partial charge in [-0.15, -0.1) is 0 Å². The van der Waals surface area contributed by atoms with Gasteiger partial charge >= 0.3 is 0 Å². The Balaban J connectivity index is 1.32. The minimum atomic E-state index is -1.12. The van der Waals surface area contributed by atoms with E-state index in [-0.39, 0.29) is 6.04 Å². The Morgan fingerprint density at radius 1 is 1.23 bits per heavy atom. The van der Waals surface area contributed by atoms with Crippen LogP contribution >= 0.6 is 11.6 Å². The SMILES string of the molecule is OC1(C2CCC(F)(CCC3c4c(Cl)cccc4-c4cncn43)CC2)CC1. The lowest BCUT2D eigenvalue weighted by Gasteiger charge is -2.36. The van der Waals surface area contributed by atoms with E-state index in [1.807, 2.05) is 24.7 Å². The second kappa shape index (κ2) is 5.80. The van der Waals surface area contributed by atoms with Crippen LogP contribution in [0.4, 0.5) is 4.39 Å². The summed E-state index contributed by atoms with van der Waals surface area (Å²) in [5, 5.41) is 11.1. The van der Waals surface area contributed by atoms with E-state index in [2.05, 4.69) is 15.6 Å². The third kappa shape index (κ3) is 2.61. The number of benzene rings is 1. The number of imidazole rings is 1. The summed E-state index contributed by atoms with van der Waals surface area (Å²) in [6.07, 6.45) is 9.52. The van der Waals surface area contributed by atoms with Crippen molar-refractivity contribution in [3.63, 3.8) is 0 Å². The maximum absolute atomic E-state index is 15.4. The monoisotopic (exact) mass is 374 g/mol. The quantitative estimate of drug-likeness (QED) is 0.787. The molecule has 0 amide bonds. The molecule has 1 atom stereocenters. The van der Waals surface area contributed by atoms with Crippen molar-refractivity contribution in [1.29, 1.82) is 0 Å². The third-order valence-electron chi connectivity index (χ3n) is 6.93. The van der Waals surface area contributed by atoms with Gasteiger partial charge in [0.2, 0.25) is 0 Å². The second-order valence-corrected chi connectivity index (χ2v) is 8.88. The summed E-state index contributed by atoms with van der Waals surface area (Å²) in [5.41, 5.74) is 1.71. The van der Waals surface area contributed by atoms with Crippen LogP contribution in [0.3, 0.4) is 0 Å². The van der Waals surface area contributed by atoms with E-state index in [0.29, 0.717) is 25.2 Å². The smallest absolute Gasteiger partial charge is 0.111 e. The normalized spacial score (nSPS) is 31.5. The van der Waals surface area contributed by atoms with Gasteiger partial charge in [-0.2, -0.15) is 0 Å². The molecule has 1 N–H and O–H groups in total. The average molecular weight is 375 g/mol. The van der Waals surface area contributed by atoms with Crippen LogP contribution in [0.5, 0.6) is 0 Å². The highest BCUT2D eigenvalue weighted by Gasteiger charge is 2.50. The van der Waals surface area contributed by atoms with Crippen LogP contribution < -0.4 is 0 Å². The van der Waals surface area contributed by atoms with Crippen molar-refractivity contribution < 1.29 is 9.50 Å². The standard InChI is InChI=1S/C21H24ClFN2O/c22-16-3-1-2-15-18-12-24-13-25(18)17(19(15)16)6-9-20(23)7-4-14(5-8-20)21(26)10-11-21/h1-3,12-14,17,26H,4-11H2. The van der Waals surface area contributed by atoms with E-state index in [0.717, 1.165) is 53.9 Å². The Hall–Kier alpha value is -1.39. The molecule has 2 heterocycles. The average Bonchev–Trinajstić information content (AvgIpc) is 3.07. The Morgan fingerprint density at radius 2 is 2.00 bits per heavy atom. The van der Waals surface area contributed by atoms with Crippen molar-refractivity contribution in [2.24, 2.45) is 5.92 Å². The van der Waals surface area contributed by atoms with Crippen molar-refractivity contribution in [3.05, 3.63) is 41.3 Å². The summed E-state index contributed by atoms with van der Waals surface area (Å²) in [4.78, 5) is 4.28.